The zero-order valence-electron chi connectivity index (χ0n) is 11.6. The van der Waals surface area contributed by atoms with E-state index >= 15 is 0 Å². The Morgan fingerprint density at radius 1 is 1.53 bits per heavy atom. The van der Waals surface area contributed by atoms with Crippen molar-refractivity contribution >= 4 is 33.6 Å². The molecule has 0 spiro atoms. The van der Waals surface area contributed by atoms with Gasteiger partial charge >= 0.3 is 0 Å². The van der Waals surface area contributed by atoms with Crippen molar-refractivity contribution in [1.82, 2.24) is 5.32 Å². The van der Waals surface area contributed by atoms with Gasteiger partial charge in [-0.2, -0.15) is 0 Å². The highest BCUT2D eigenvalue weighted by atomic mass is 79.9. The van der Waals surface area contributed by atoms with E-state index in [9.17, 15) is 4.79 Å². The topological polar surface area (TPSA) is 55.1 Å². The summed E-state index contributed by atoms with van der Waals surface area (Å²) in [6.07, 6.45) is 0.706. The molecule has 0 fully saturated rings. The summed E-state index contributed by atoms with van der Waals surface area (Å²) >= 11 is 5.18. The number of benzene rings is 1. The molecule has 1 amide bonds. The van der Waals surface area contributed by atoms with Gasteiger partial charge in [0.05, 0.1) is 5.54 Å². The minimum Gasteiger partial charge on any atom is -0.368 e. The van der Waals surface area contributed by atoms with Gasteiger partial charge in [-0.05, 0) is 45.4 Å². The number of rotatable bonds is 7. The third kappa shape index (κ3) is 5.55. The second-order valence-corrected chi connectivity index (χ2v) is 7.14. The SMILES string of the molecule is CC(C)NC(C)(CCSc1cccc(Br)c1)C(N)=O. The molecular formula is C14H21BrN2OS. The third-order valence-electron chi connectivity index (χ3n) is 2.82. The fraction of sp³-hybridized carbons (Fsp3) is 0.500. The van der Waals surface area contributed by atoms with Crippen LogP contribution in [0.5, 0.6) is 0 Å². The lowest BCUT2D eigenvalue weighted by atomic mass is 9.97. The number of carbonyl (C=O) groups excluding carboxylic acids is 1. The maximum absolute atomic E-state index is 11.6. The van der Waals surface area contributed by atoms with E-state index in [1.807, 2.05) is 32.9 Å². The lowest BCUT2D eigenvalue weighted by Gasteiger charge is -2.29. The maximum atomic E-state index is 11.6. The predicted octanol–water partition coefficient (Wildman–Crippen LogP) is 3.17. The van der Waals surface area contributed by atoms with Gasteiger partial charge in [0.2, 0.25) is 5.91 Å². The van der Waals surface area contributed by atoms with Crippen LogP contribution in [0.15, 0.2) is 33.6 Å². The summed E-state index contributed by atoms with van der Waals surface area (Å²) < 4.78 is 1.07. The first kappa shape index (κ1) is 16.5. The number of thioether (sulfide) groups is 1. The van der Waals surface area contributed by atoms with E-state index in [-0.39, 0.29) is 11.9 Å². The highest BCUT2D eigenvalue weighted by molar-refractivity contribution is 9.10. The number of primary amides is 1. The average molecular weight is 345 g/mol. The molecule has 1 unspecified atom stereocenters. The quantitative estimate of drug-likeness (QED) is 0.747. The molecule has 0 radical (unpaired) electrons. The Morgan fingerprint density at radius 3 is 2.74 bits per heavy atom. The van der Waals surface area contributed by atoms with Crippen LogP contribution in [0.4, 0.5) is 0 Å². The number of hydrogen-bond acceptors (Lipinski definition) is 3. The van der Waals surface area contributed by atoms with Crippen molar-refractivity contribution in [3.63, 3.8) is 0 Å². The van der Waals surface area contributed by atoms with E-state index in [2.05, 4.69) is 33.4 Å². The fourth-order valence-corrected chi connectivity index (χ4v) is 3.52. The van der Waals surface area contributed by atoms with E-state index in [0.717, 1.165) is 10.2 Å². The Morgan fingerprint density at radius 2 is 2.21 bits per heavy atom. The summed E-state index contributed by atoms with van der Waals surface area (Å²) in [5.74, 6) is 0.548. The molecule has 1 aromatic rings. The van der Waals surface area contributed by atoms with Crippen LogP contribution in [0.25, 0.3) is 0 Å². The van der Waals surface area contributed by atoms with Crippen LogP contribution < -0.4 is 11.1 Å². The number of halogens is 1. The summed E-state index contributed by atoms with van der Waals surface area (Å²) in [6, 6.07) is 8.37. The van der Waals surface area contributed by atoms with Crippen molar-refractivity contribution in [3.8, 4) is 0 Å². The van der Waals surface area contributed by atoms with Gasteiger partial charge in [-0.15, -0.1) is 11.8 Å². The first-order valence-electron chi connectivity index (χ1n) is 6.29. The van der Waals surface area contributed by atoms with Crippen molar-refractivity contribution in [2.45, 2.75) is 43.7 Å². The van der Waals surface area contributed by atoms with Crippen LogP contribution in [-0.4, -0.2) is 23.2 Å². The molecule has 106 valence electrons. The first-order valence-corrected chi connectivity index (χ1v) is 8.07. The summed E-state index contributed by atoms with van der Waals surface area (Å²) in [5, 5.41) is 3.26. The number of nitrogens with one attached hydrogen (secondary N) is 1. The van der Waals surface area contributed by atoms with Crippen LogP contribution in [0.1, 0.15) is 27.2 Å². The standard InChI is InChI=1S/C14H21BrN2OS/c1-10(2)17-14(3,13(16)18)7-8-19-12-6-4-5-11(15)9-12/h4-6,9-10,17H,7-8H2,1-3H3,(H2,16,18). The largest absolute Gasteiger partial charge is 0.368 e. The number of nitrogens with two attached hydrogens (primary N) is 1. The number of carbonyl (C=O) groups is 1. The van der Waals surface area contributed by atoms with Crippen LogP contribution in [0, 0.1) is 0 Å². The van der Waals surface area contributed by atoms with Gasteiger partial charge in [0, 0.05) is 21.2 Å². The number of amides is 1. The van der Waals surface area contributed by atoms with Crippen molar-refractivity contribution in [2.24, 2.45) is 5.73 Å². The van der Waals surface area contributed by atoms with Gasteiger partial charge in [-0.1, -0.05) is 22.0 Å². The van der Waals surface area contributed by atoms with E-state index in [1.54, 1.807) is 11.8 Å². The first-order chi connectivity index (χ1) is 8.83. The summed E-state index contributed by atoms with van der Waals surface area (Å²) in [5.41, 5.74) is 4.86. The monoisotopic (exact) mass is 344 g/mol. The lowest BCUT2D eigenvalue weighted by molar-refractivity contribution is -0.124. The minimum absolute atomic E-state index is 0.230. The van der Waals surface area contributed by atoms with E-state index in [4.69, 9.17) is 5.73 Å². The Kier molecular flexibility index (Phi) is 6.36. The Labute approximate surface area is 127 Å². The van der Waals surface area contributed by atoms with Gasteiger partial charge in [0.15, 0.2) is 0 Å². The normalized spacial score (nSPS) is 14.4. The molecule has 0 heterocycles. The molecule has 1 aromatic carbocycles. The van der Waals surface area contributed by atoms with Crippen molar-refractivity contribution in [2.75, 3.05) is 5.75 Å². The molecule has 3 N–H and O–H groups in total. The van der Waals surface area contributed by atoms with Crippen LogP contribution in [-0.2, 0) is 4.79 Å². The lowest BCUT2D eigenvalue weighted by Crippen LogP contribution is -2.55. The molecule has 1 rings (SSSR count). The molecule has 0 aliphatic heterocycles. The van der Waals surface area contributed by atoms with Gasteiger partial charge in [0.25, 0.3) is 0 Å². The molecule has 1 atom stereocenters. The average Bonchev–Trinajstić information content (AvgIpc) is 2.27. The maximum Gasteiger partial charge on any atom is 0.237 e. The predicted molar refractivity (Wildman–Crippen MR) is 85.4 cm³/mol. The summed E-state index contributed by atoms with van der Waals surface area (Å²) in [6.45, 7) is 5.90. The molecule has 0 bridgehead atoms. The van der Waals surface area contributed by atoms with Crippen molar-refractivity contribution in [1.29, 1.82) is 0 Å². The highest BCUT2D eigenvalue weighted by Crippen LogP contribution is 2.24. The molecule has 0 aliphatic rings. The zero-order chi connectivity index (χ0) is 14.5. The molecular weight excluding hydrogens is 324 g/mol. The number of hydrogen-bond donors (Lipinski definition) is 2. The fourth-order valence-electron chi connectivity index (χ4n) is 1.83. The van der Waals surface area contributed by atoms with Crippen molar-refractivity contribution < 1.29 is 4.79 Å². The van der Waals surface area contributed by atoms with Crippen LogP contribution in [0.3, 0.4) is 0 Å². The molecule has 5 heteroatoms. The van der Waals surface area contributed by atoms with Gasteiger partial charge in [-0.3, -0.25) is 4.79 Å². The summed E-state index contributed by atoms with van der Waals surface area (Å²) in [7, 11) is 0. The molecule has 0 saturated carbocycles. The van der Waals surface area contributed by atoms with Crippen molar-refractivity contribution in [3.05, 3.63) is 28.7 Å². The zero-order valence-corrected chi connectivity index (χ0v) is 14.0. The molecule has 0 saturated heterocycles. The third-order valence-corrected chi connectivity index (χ3v) is 4.31. The minimum atomic E-state index is -0.646. The highest BCUT2D eigenvalue weighted by Gasteiger charge is 2.30. The van der Waals surface area contributed by atoms with Crippen LogP contribution >= 0.6 is 27.7 Å². The molecule has 0 aromatic heterocycles. The Balaban J connectivity index is 2.56. The van der Waals surface area contributed by atoms with Gasteiger partial charge in [-0.25, -0.2) is 0 Å². The Hall–Kier alpha value is -0.520. The second kappa shape index (κ2) is 7.31. The van der Waals surface area contributed by atoms with Gasteiger partial charge < -0.3 is 11.1 Å². The molecule has 19 heavy (non-hydrogen) atoms. The Bertz CT molecular complexity index is 439. The smallest absolute Gasteiger partial charge is 0.237 e. The molecule has 0 aliphatic carbocycles. The van der Waals surface area contributed by atoms with Gasteiger partial charge in [0.1, 0.15) is 0 Å². The van der Waals surface area contributed by atoms with Crippen LogP contribution in [0.2, 0.25) is 0 Å². The van der Waals surface area contributed by atoms with E-state index in [0.29, 0.717) is 6.42 Å². The van der Waals surface area contributed by atoms with E-state index < -0.39 is 5.54 Å². The molecule has 3 nitrogen and oxygen atoms in total. The second-order valence-electron chi connectivity index (χ2n) is 5.05. The van der Waals surface area contributed by atoms with E-state index in [1.165, 1.54) is 4.90 Å². The summed E-state index contributed by atoms with van der Waals surface area (Å²) in [4.78, 5) is 12.8.